The molecule has 8 unspecified atom stereocenters. The van der Waals surface area contributed by atoms with E-state index in [1.165, 1.54) is 0 Å². The Balaban J connectivity index is 1.98. The summed E-state index contributed by atoms with van der Waals surface area (Å²) in [5.41, 5.74) is -0.369. The molecular weight excluding hydrogens is 496 g/mol. The zero-order valence-corrected chi connectivity index (χ0v) is 26.1. The van der Waals surface area contributed by atoms with Gasteiger partial charge in [-0.15, -0.1) is 0 Å². The predicted molar refractivity (Wildman–Crippen MR) is 152 cm³/mol. The minimum Gasteiger partial charge on any atom is -0.463 e. The summed E-state index contributed by atoms with van der Waals surface area (Å²) in [7, 11) is 9.05. The Morgan fingerprint density at radius 1 is 0.897 bits per heavy atom. The van der Waals surface area contributed by atoms with E-state index in [0.29, 0.717) is 12.3 Å². The lowest BCUT2D eigenvalue weighted by Gasteiger charge is -2.44. The van der Waals surface area contributed by atoms with Crippen molar-refractivity contribution in [1.29, 1.82) is 5.26 Å². The number of carbonyl (C=O) groups excluding carboxylic acids is 1. The molecule has 8 heteroatoms. The predicted octanol–water partition coefficient (Wildman–Crippen LogP) is 5.09. The van der Waals surface area contributed by atoms with Gasteiger partial charge in [0.25, 0.3) is 0 Å². The zero-order chi connectivity index (χ0) is 29.2. The van der Waals surface area contributed by atoms with Gasteiger partial charge in [0, 0.05) is 28.4 Å². The van der Waals surface area contributed by atoms with E-state index in [1.54, 1.807) is 28.4 Å². The zero-order valence-electron chi connectivity index (χ0n) is 26.1. The Kier molecular flexibility index (Phi) is 14.2. The molecule has 8 nitrogen and oxygen atoms in total. The van der Waals surface area contributed by atoms with Crippen LogP contribution < -0.4 is 0 Å². The third kappa shape index (κ3) is 8.87. The lowest BCUT2D eigenvalue weighted by atomic mass is 9.61. The summed E-state index contributed by atoms with van der Waals surface area (Å²) in [5.74, 6) is 0.455. The van der Waals surface area contributed by atoms with Gasteiger partial charge in [-0.05, 0) is 103 Å². The second-order valence-electron chi connectivity index (χ2n) is 12.4. The van der Waals surface area contributed by atoms with Gasteiger partial charge < -0.3 is 28.6 Å². The number of nitriles is 1. The van der Waals surface area contributed by atoms with Crippen LogP contribution in [0.5, 0.6) is 0 Å². The summed E-state index contributed by atoms with van der Waals surface area (Å²) in [6, 6.07) is 2.78. The van der Waals surface area contributed by atoms with Crippen LogP contribution in [0.3, 0.4) is 0 Å². The van der Waals surface area contributed by atoms with E-state index in [2.05, 4.69) is 31.9 Å². The molecule has 0 bridgehead atoms. The average molecular weight is 553 g/mol. The lowest BCUT2D eigenvalue weighted by molar-refractivity contribution is -0.163. The molecule has 0 N–H and O–H groups in total. The highest BCUT2D eigenvalue weighted by Gasteiger charge is 2.46. The fourth-order valence-electron chi connectivity index (χ4n) is 7.10. The van der Waals surface area contributed by atoms with Crippen LogP contribution in [0.2, 0.25) is 0 Å². The first-order valence-corrected chi connectivity index (χ1v) is 15.0. The Morgan fingerprint density at radius 3 is 2.03 bits per heavy atom. The number of carbonyl (C=O) groups is 1. The molecule has 8 atom stereocenters. The number of esters is 1. The van der Waals surface area contributed by atoms with Gasteiger partial charge in [0.1, 0.15) is 0 Å². The van der Waals surface area contributed by atoms with Crippen LogP contribution in [0.15, 0.2) is 0 Å². The van der Waals surface area contributed by atoms with Gasteiger partial charge >= 0.3 is 5.97 Å². The van der Waals surface area contributed by atoms with Gasteiger partial charge in [0.05, 0.1) is 47.9 Å². The topological polar surface area (TPSA) is 90.2 Å². The third-order valence-corrected chi connectivity index (χ3v) is 9.58. The highest BCUT2D eigenvalue weighted by molar-refractivity contribution is 5.73. The van der Waals surface area contributed by atoms with E-state index in [0.717, 1.165) is 58.0 Å². The van der Waals surface area contributed by atoms with E-state index >= 15 is 0 Å². The van der Waals surface area contributed by atoms with Crippen molar-refractivity contribution in [3.8, 4) is 6.07 Å². The van der Waals surface area contributed by atoms with E-state index in [1.807, 2.05) is 13.8 Å². The largest absolute Gasteiger partial charge is 0.463 e. The van der Waals surface area contributed by atoms with Crippen LogP contribution in [-0.4, -0.2) is 90.0 Å². The SMILES string of the molecule is COC1CCC(C(C#N)(CCCN(C)CCC2CC(OC)C(OC)CC2C(=O)OC(C)C)C(C)C)CC1OC. The molecule has 2 aliphatic rings. The minimum absolute atomic E-state index is 0.0141. The Labute approximate surface area is 238 Å². The van der Waals surface area contributed by atoms with Gasteiger partial charge in [0.15, 0.2) is 0 Å². The number of hydrogen-bond donors (Lipinski definition) is 0. The monoisotopic (exact) mass is 552 g/mol. The van der Waals surface area contributed by atoms with Crippen molar-refractivity contribution in [1.82, 2.24) is 4.90 Å². The minimum atomic E-state index is -0.369. The first-order chi connectivity index (χ1) is 18.6. The molecule has 2 fully saturated rings. The molecule has 0 aliphatic heterocycles. The number of hydrogen-bond acceptors (Lipinski definition) is 8. The summed E-state index contributed by atoms with van der Waals surface area (Å²) < 4.78 is 28.4. The Bertz CT molecular complexity index is 771. The Hall–Kier alpha value is -1.24. The van der Waals surface area contributed by atoms with E-state index in [4.69, 9.17) is 23.7 Å². The highest BCUT2D eigenvalue weighted by atomic mass is 16.5. The van der Waals surface area contributed by atoms with Crippen molar-refractivity contribution in [3.05, 3.63) is 0 Å². The summed E-state index contributed by atoms with van der Waals surface area (Å²) in [5, 5.41) is 10.5. The normalized spacial score (nSPS) is 31.3. The summed E-state index contributed by atoms with van der Waals surface area (Å²) >= 11 is 0. The van der Waals surface area contributed by atoms with Crippen LogP contribution >= 0.6 is 0 Å². The standard InChI is InChI=1S/C31H56N2O6/c1-21(2)31(20-32,24-11-12-26(35-6)28(18-24)37-8)14-10-15-33(5)16-13-23-17-27(36-7)29(38-9)19-25(23)30(34)39-22(3)4/h21-29H,10-19H2,1-9H3. The van der Waals surface area contributed by atoms with Crippen LogP contribution in [0.1, 0.15) is 79.1 Å². The van der Waals surface area contributed by atoms with Crippen LogP contribution in [-0.2, 0) is 28.5 Å². The second-order valence-corrected chi connectivity index (χ2v) is 12.4. The fraction of sp³-hybridized carbons (Fsp3) is 0.935. The van der Waals surface area contributed by atoms with Crippen molar-refractivity contribution in [2.24, 2.45) is 29.1 Å². The van der Waals surface area contributed by atoms with Crippen molar-refractivity contribution in [3.63, 3.8) is 0 Å². The van der Waals surface area contributed by atoms with Crippen molar-refractivity contribution < 1.29 is 28.5 Å². The quantitative estimate of drug-likeness (QED) is 0.260. The van der Waals surface area contributed by atoms with Crippen LogP contribution in [0.4, 0.5) is 0 Å². The third-order valence-electron chi connectivity index (χ3n) is 9.58. The summed E-state index contributed by atoms with van der Waals surface area (Å²) in [4.78, 5) is 15.3. The second kappa shape index (κ2) is 16.3. The average Bonchev–Trinajstić information content (AvgIpc) is 2.92. The van der Waals surface area contributed by atoms with Gasteiger partial charge in [0.2, 0.25) is 0 Å². The molecule has 0 amide bonds. The smallest absolute Gasteiger partial charge is 0.309 e. The molecule has 0 saturated heterocycles. The molecule has 2 rings (SSSR count). The van der Waals surface area contributed by atoms with Crippen LogP contribution in [0, 0.1) is 40.4 Å². The molecule has 226 valence electrons. The van der Waals surface area contributed by atoms with Crippen LogP contribution in [0.25, 0.3) is 0 Å². The van der Waals surface area contributed by atoms with Crippen molar-refractivity contribution in [2.45, 2.75) is 110 Å². The van der Waals surface area contributed by atoms with Gasteiger partial charge in [-0.3, -0.25) is 4.79 Å². The lowest BCUT2D eigenvalue weighted by Crippen LogP contribution is -2.45. The van der Waals surface area contributed by atoms with Gasteiger partial charge in [-0.2, -0.15) is 5.26 Å². The van der Waals surface area contributed by atoms with E-state index in [9.17, 15) is 10.1 Å². The molecule has 0 heterocycles. The molecule has 0 aromatic heterocycles. The highest BCUT2D eigenvalue weighted by Crippen LogP contribution is 2.47. The van der Waals surface area contributed by atoms with Crippen molar-refractivity contribution >= 4 is 5.97 Å². The number of ether oxygens (including phenoxy) is 5. The maximum atomic E-state index is 13.0. The molecule has 0 radical (unpaired) electrons. The first-order valence-electron chi connectivity index (χ1n) is 15.0. The fourth-order valence-corrected chi connectivity index (χ4v) is 7.10. The number of rotatable bonds is 15. The maximum Gasteiger partial charge on any atom is 0.309 e. The number of methoxy groups -OCH3 is 4. The van der Waals surface area contributed by atoms with E-state index in [-0.39, 0.29) is 59.7 Å². The number of nitrogens with zero attached hydrogens (tertiary/aromatic N) is 2. The summed E-state index contributed by atoms with van der Waals surface area (Å²) in [6.07, 6.45) is 6.86. The van der Waals surface area contributed by atoms with Crippen molar-refractivity contribution in [2.75, 3.05) is 48.6 Å². The molecule has 2 aliphatic carbocycles. The first kappa shape index (κ1) is 34.0. The van der Waals surface area contributed by atoms with E-state index < -0.39 is 0 Å². The Morgan fingerprint density at radius 2 is 1.49 bits per heavy atom. The molecular formula is C31H56N2O6. The van der Waals surface area contributed by atoms with Gasteiger partial charge in [-0.25, -0.2) is 0 Å². The summed E-state index contributed by atoms with van der Waals surface area (Å²) in [6.45, 7) is 9.97. The van der Waals surface area contributed by atoms with Gasteiger partial charge in [-0.1, -0.05) is 13.8 Å². The molecule has 0 aromatic rings. The molecule has 0 spiro atoms. The molecule has 0 aromatic carbocycles. The molecule has 2 saturated carbocycles. The molecule has 39 heavy (non-hydrogen) atoms. The maximum absolute atomic E-state index is 13.0.